The minimum atomic E-state index is 0.292. The summed E-state index contributed by atoms with van der Waals surface area (Å²) in [6.07, 6.45) is 2.44. The van der Waals surface area contributed by atoms with E-state index in [4.69, 9.17) is 16.3 Å². The summed E-state index contributed by atoms with van der Waals surface area (Å²) in [6.45, 7) is 1.90. The van der Waals surface area contributed by atoms with Gasteiger partial charge in [-0.15, -0.1) is 0 Å². The molecule has 0 atom stereocenters. The normalized spacial score (nSPS) is 24.7. The molecule has 1 aliphatic rings. The molecule has 1 saturated carbocycles. The fraction of sp³-hybridized carbons (Fsp3) is 0.600. The first kappa shape index (κ1) is 10.6. The zero-order valence-electron chi connectivity index (χ0n) is 8.83. The number of rotatable bonds is 3. The van der Waals surface area contributed by atoms with E-state index < -0.39 is 0 Å². The van der Waals surface area contributed by atoms with E-state index in [2.05, 4.69) is 15.3 Å². The van der Waals surface area contributed by atoms with Crippen LogP contribution in [0.2, 0.25) is 5.28 Å². The quantitative estimate of drug-likeness (QED) is 0.803. The number of nitrogens with one attached hydrogen (secondary N) is 1. The predicted octanol–water partition coefficient (Wildman–Crippen LogP) is 2.03. The second-order valence-corrected chi connectivity index (χ2v) is 4.17. The van der Waals surface area contributed by atoms with Crippen molar-refractivity contribution in [2.75, 3.05) is 12.4 Å². The molecule has 0 aliphatic heterocycles. The summed E-state index contributed by atoms with van der Waals surface area (Å²) in [5, 5.41) is 3.60. The molecule has 0 radical (unpaired) electrons. The Morgan fingerprint density at radius 2 is 2.20 bits per heavy atom. The van der Waals surface area contributed by atoms with Crippen molar-refractivity contribution in [3.05, 3.63) is 17.0 Å². The third kappa shape index (κ3) is 2.58. The lowest BCUT2D eigenvalue weighted by molar-refractivity contribution is 0.0328. The van der Waals surface area contributed by atoms with E-state index in [0.29, 0.717) is 17.4 Å². The highest BCUT2D eigenvalue weighted by Gasteiger charge is 2.29. The zero-order chi connectivity index (χ0) is 10.8. The van der Waals surface area contributed by atoms with Crippen molar-refractivity contribution >= 4 is 17.4 Å². The van der Waals surface area contributed by atoms with Gasteiger partial charge in [0, 0.05) is 24.9 Å². The van der Waals surface area contributed by atoms with E-state index in [1.54, 1.807) is 7.11 Å². The van der Waals surface area contributed by atoms with Crippen LogP contribution in [0.3, 0.4) is 0 Å². The molecule has 0 bridgehead atoms. The first-order valence-corrected chi connectivity index (χ1v) is 5.35. The predicted molar refractivity (Wildman–Crippen MR) is 59.2 cm³/mol. The SMILES string of the molecule is COC1CC(Nc2cc(C)nc(Cl)n2)C1. The van der Waals surface area contributed by atoms with Crippen LogP contribution in [0.15, 0.2) is 6.07 Å². The summed E-state index contributed by atoms with van der Waals surface area (Å²) >= 11 is 5.76. The van der Waals surface area contributed by atoms with Crippen LogP contribution in [0.5, 0.6) is 0 Å². The molecule has 82 valence electrons. The number of hydrogen-bond donors (Lipinski definition) is 1. The van der Waals surface area contributed by atoms with Crippen LogP contribution in [-0.2, 0) is 4.74 Å². The fourth-order valence-corrected chi connectivity index (χ4v) is 1.92. The molecule has 1 fully saturated rings. The van der Waals surface area contributed by atoms with Crippen LogP contribution < -0.4 is 5.32 Å². The van der Waals surface area contributed by atoms with Crippen LogP contribution in [0, 0.1) is 6.92 Å². The van der Waals surface area contributed by atoms with Gasteiger partial charge in [-0.05, 0) is 31.4 Å². The molecule has 0 unspecified atom stereocenters. The number of hydrogen-bond acceptors (Lipinski definition) is 4. The van der Waals surface area contributed by atoms with Gasteiger partial charge in [0.05, 0.1) is 6.10 Å². The number of ether oxygens (including phenoxy) is 1. The lowest BCUT2D eigenvalue weighted by atomic mass is 9.89. The van der Waals surface area contributed by atoms with Crippen molar-refractivity contribution in [2.45, 2.75) is 31.9 Å². The Bertz CT molecular complexity index is 332. The minimum Gasteiger partial charge on any atom is -0.381 e. The van der Waals surface area contributed by atoms with E-state index in [1.165, 1.54) is 0 Å². The highest BCUT2D eigenvalue weighted by molar-refractivity contribution is 6.28. The molecule has 5 heteroatoms. The second kappa shape index (κ2) is 4.33. The van der Waals surface area contributed by atoms with Crippen molar-refractivity contribution in [1.29, 1.82) is 0 Å². The second-order valence-electron chi connectivity index (χ2n) is 3.83. The standard InChI is InChI=1S/C10H14ClN3O/c1-6-3-9(14-10(11)12-6)13-7-4-8(5-7)15-2/h3,7-8H,4-5H2,1-2H3,(H,12,13,14). The van der Waals surface area contributed by atoms with Gasteiger partial charge in [0.2, 0.25) is 5.28 Å². The van der Waals surface area contributed by atoms with Crippen molar-refractivity contribution < 1.29 is 4.74 Å². The van der Waals surface area contributed by atoms with Gasteiger partial charge in [-0.25, -0.2) is 9.97 Å². The molecule has 15 heavy (non-hydrogen) atoms. The number of halogens is 1. The third-order valence-electron chi connectivity index (χ3n) is 2.61. The Morgan fingerprint density at radius 1 is 1.47 bits per heavy atom. The van der Waals surface area contributed by atoms with Crippen LogP contribution in [0.4, 0.5) is 5.82 Å². The van der Waals surface area contributed by atoms with Gasteiger partial charge in [0.1, 0.15) is 5.82 Å². The molecular formula is C10H14ClN3O. The van der Waals surface area contributed by atoms with E-state index in [-0.39, 0.29) is 0 Å². The Morgan fingerprint density at radius 3 is 2.80 bits per heavy atom. The average Bonchev–Trinajstić information content (AvgIpc) is 2.08. The maximum Gasteiger partial charge on any atom is 0.224 e. The van der Waals surface area contributed by atoms with Crippen LogP contribution >= 0.6 is 11.6 Å². The molecule has 4 nitrogen and oxygen atoms in total. The molecule has 1 aliphatic carbocycles. The van der Waals surface area contributed by atoms with Gasteiger partial charge in [-0.3, -0.25) is 0 Å². The van der Waals surface area contributed by atoms with Gasteiger partial charge in [-0.1, -0.05) is 0 Å². The highest BCUT2D eigenvalue weighted by Crippen LogP contribution is 2.25. The van der Waals surface area contributed by atoms with Gasteiger partial charge >= 0.3 is 0 Å². The molecule has 2 rings (SSSR count). The maximum absolute atomic E-state index is 5.76. The molecule has 1 aromatic heterocycles. The summed E-state index contributed by atoms with van der Waals surface area (Å²) < 4.78 is 5.20. The van der Waals surface area contributed by atoms with Gasteiger partial charge in [0.25, 0.3) is 0 Å². The van der Waals surface area contributed by atoms with E-state index in [0.717, 1.165) is 24.4 Å². The van der Waals surface area contributed by atoms with Crippen LogP contribution in [0.25, 0.3) is 0 Å². The molecular weight excluding hydrogens is 214 g/mol. The third-order valence-corrected chi connectivity index (χ3v) is 2.78. The van der Waals surface area contributed by atoms with Crippen LogP contribution in [0.1, 0.15) is 18.5 Å². The Labute approximate surface area is 94.0 Å². The number of methoxy groups -OCH3 is 1. The Hall–Kier alpha value is -0.870. The summed E-state index contributed by atoms with van der Waals surface area (Å²) in [7, 11) is 1.74. The first-order chi connectivity index (χ1) is 7.17. The lowest BCUT2D eigenvalue weighted by Crippen LogP contribution is -2.40. The van der Waals surface area contributed by atoms with Gasteiger partial charge in [-0.2, -0.15) is 0 Å². The van der Waals surface area contributed by atoms with Crippen molar-refractivity contribution in [3.63, 3.8) is 0 Å². The summed E-state index contributed by atoms with van der Waals surface area (Å²) in [4.78, 5) is 8.12. The number of aryl methyl sites for hydroxylation is 1. The van der Waals surface area contributed by atoms with Crippen molar-refractivity contribution in [2.24, 2.45) is 0 Å². The average molecular weight is 228 g/mol. The van der Waals surface area contributed by atoms with Gasteiger partial charge in [0.15, 0.2) is 0 Å². The largest absolute Gasteiger partial charge is 0.381 e. The molecule has 0 amide bonds. The molecule has 0 spiro atoms. The van der Waals surface area contributed by atoms with E-state index in [1.807, 2.05) is 13.0 Å². The summed E-state index contributed by atoms with van der Waals surface area (Å²) in [5.74, 6) is 0.798. The highest BCUT2D eigenvalue weighted by atomic mass is 35.5. The fourth-order valence-electron chi connectivity index (χ4n) is 1.69. The molecule has 0 saturated heterocycles. The monoisotopic (exact) mass is 227 g/mol. The number of nitrogens with zero attached hydrogens (tertiary/aromatic N) is 2. The van der Waals surface area contributed by atoms with Crippen molar-refractivity contribution in [1.82, 2.24) is 9.97 Å². The van der Waals surface area contributed by atoms with Gasteiger partial charge < -0.3 is 10.1 Å². The summed E-state index contributed by atoms with van der Waals surface area (Å²) in [5.41, 5.74) is 0.875. The number of aromatic nitrogens is 2. The van der Waals surface area contributed by atoms with Crippen LogP contribution in [-0.4, -0.2) is 29.2 Å². The summed E-state index contributed by atoms with van der Waals surface area (Å²) in [6, 6.07) is 2.34. The van der Waals surface area contributed by atoms with E-state index >= 15 is 0 Å². The smallest absolute Gasteiger partial charge is 0.224 e. The minimum absolute atomic E-state index is 0.292. The molecule has 1 aromatic rings. The lowest BCUT2D eigenvalue weighted by Gasteiger charge is -2.34. The number of anilines is 1. The topological polar surface area (TPSA) is 47.0 Å². The van der Waals surface area contributed by atoms with E-state index in [9.17, 15) is 0 Å². The molecule has 1 N–H and O–H groups in total. The maximum atomic E-state index is 5.76. The first-order valence-electron chi connectivity index (χ1n) is 4.98. The molecule has 1 heterocycles. The Kier molecular flexibility index (Phi) is 3.07. The Balaban J connectivity index is 1.94. The molecule has 0 aromatic carbocycles. The van der Waals surface area contributed by atoms with Crippen molar-refractivity contribution in [3.8, 4) is 0 Å². The zero-order valence-corrected chi connectivity index (χ0v) is 9.58.